The number of carbonyl (C=O) groups excluding carboxylic acids is 1. The van der Waals surface area contributed by atoms with Crippen molar-refractivity contribution in [1.29, 1.82) is 0 Å². The van der Waals surface area contributed by atoms with Gasteiger partial charge in [-0.25, -0.2) is 8.78 Å². The Morgan fingerprint density at radius 3 is 2.50 bits per heavy atom. The summed E-state index contributed by atoms with van der Waals surface area (Å²) in [5.74, 6) is -1.35. The first-order valence-corrected chi connectivity index (χ1v) is 3.44. The molecule has 7 heteroatoms. The molecule has 14 heavy (non-hydrogen) atoms. The van der Waals surface area contributed by atoms with Gasteiger partial charge < -0.3 is 10.8 Å². The van der Waals surface area contributed by atoms with Crippen LogP contribution in [0.1, 0.15) is 0 Å². The molecule has 0 radical (unpaired) electrons. The first-order valence-electron chi connectivity index (χ1n) is 3.44. The number of carboxylic acid groups (broad SMARTS) is 1. The maximum atomic E-state index is 12.1. The van der Waals surface area contributed by atoms with Crippen molar-refractivity contribution in [1.82, 2.24) is 0 Å². The highest BCUT2D eigenvalue weighted by Crippen LogP contribution is 1.99. The van der Waals surface area contributed by atoms with Gasteiger partial charge in [0, 0.05) is 0 Å². The Hall–Kier alpha value is -1.79. The average Bonchev–Trinajstić information content (AvgIpc) is 2.10. The van der Waals surface area contributed by atoms with Crippen LogP contribution in [0.2, 0.25) is 0 Å². The molecule has 0 rings (SSSR count). The van der Waals surface area contributed by atoms with Crippen LogP contribution >= 0.6 is 0 Å². The molecule has 0 saturated heterocycles. The van der Waals surface area contributed by atoms with E-state index in [4.69, 9.17) is 10.8 Å². The molecule has 0 aliphatic rings. The maximum Gasteiger partial charge on any atom is 0.325 e. The average molecular weight is 206 g/mol. The third-order valence-electron chi connectivity index (χ3n) is 1.07. The van der Waals surface area contributed by atoms with E-state index in [-0.39, 0.29) is 6.29 Å². The number of alkyl halides is 2. The van der Waals surface area contributed by atoms with E-state index in [2.05, 4.69) is 4.99 Å². The number of carbonyl (C=O) groups is 2. The lowest BCUT2D eigenvalue weighted by molar-refractivity contribution is -0.135. The van der Waals surface area contributed by atoms with Gasteiger partial charge >= 0.3 is 5.97 Å². The second-order valence-corrected chi connectivity index (χ2v) is 2.20. The first-order chi connectivity index (χ1) is 6.47. The van der Waals surface area contributed by atoms with E-state index in [1.165, 1.54) is 0 Å². The van der Waals surface area contributed by atoms with Gasteiger partial charge in [-0.1, -0.05) is 0 Å². The quantitative estimate of drug-likeness (QED) is 0.370. The number of carboxylic acids is 1. The number of halogens is 2. The van der Waals surface area contributed by atoms with E-state index < -0.39 is 30.3 Å². The van der Waals surface area contributed by atoms with E-state index in [9.17, 15) is 18.4 Å². The number of aliphatic carboxylic acids is 1. The van der Waals surface area contributed by atoms with Gasteiger partial charge in [-0.15, -0.1) is 0 Å². The smallest absolute Gasteiger partial charge is 0.325 e. The van der Waals surface area contributed by atoms with Gasteiger partial charge in [-0.2, -0.15) is 0 Å². The van der Waals surface area contributed by atoms with Gasteiger partial charge in [0.05, 0.1) is 5.70 Å². The van der Waals surface area contributed by atoms with Crippen LogP contribution in [0.3, 0.4) is 0 Å². The highest BCUT2D eigenvalue weighted by molar-refractivity contribution is 6.01. The zero-order valence-electron chi connectivity index (χ0n) is 6.98. The second kappa shape index (κ2) is 5.79. The lowest BCUT2D eigenvalue weighted by Crippen LogP contribution is -2.14. The van der Waals surface area contributed by atoms with Gasteiger partial charge in [-0.3, -0.25) is 14.6 Å². The predicted octanol–water partition coefficient (Wildman–Crippen LogP) is -0.181. The van der Waals surface area contributed by atoms with Gasteiger partial charge in [0.1, 0.15) is 12.3 Å². The van der Waals surface area contributed by atoms with Crippen molar-refractivity contribution >= 4 is 18.0 Å². The number of hydrogen-bond donors (Lipinski definition) is 2. The van der Waals surface area contributed by atoms with Crippen molar-refractivity contribution in [3.8, 4) is 0 Å². The predicted molar refractivity (Wildman–Crippen MR) is 44.3 cm³/mol. The number of aldehydes is 1. The van der Waals surface area contributed by atoms with Crippen molar-refractivity contribution in [2.45, 2.75) is 6.43 Å². The summed E-state index contributed by atoms with van der Waals surface area (Å²) in [7, 11) is 0. The molecule has 0 aromatic carbocycles. The molecule has 0 aliphatic carbocycles. The minimum Gasteiger partial charge on any atom is -0.480 e. The molecule has 0 bridgehead atoms. The summed E-state index contributed by atoms with van der Waals surface area (Å²) in [6.45, 7) is -0.789. The molecule has 0 unspecified atom stereocenters. The first kappa shape index (κ1) is 12.2. The van der Waals surface area contributed by atoms with Crippen LogP contribution in [0.25, 0.3) is 0 Å². The minimum absolute atomic E-state index is 0.165. The summed E-state index contributed by atoms with van der Waals surface area (Å²) >= 11 is 0. The Balaban J connectivity index is 4.68. The van der Waals surface area contributed by atoms with Gasteiger partial charge in [0.25, 0.3) is 6.43 Å². The van der Waals surface area contributed by atoms with Gasteiger partial charge in [-0.05, 0) is 6.08 Å². The molecule has 0 aliphatic heterocycles. The zero-order valence-corrected chi connectivity index (χ0v) is 6.98. The molecule has 0 heterocycles. The van der Waals surface area contributed by atoms with Crippen LogP contribution in [0.4, 0.5) is 8.78 Å². The summed E-state index contributed by atoms with van der Waals surface area (Å²) in [6, 6.07) is 0. The van der Waals surface area contributed by atoms with Crippen LogP contribution in [0, 0.1) is 0 Å². The van der Waals surface area contributed by atoms with Crippen molar-refractivity contribution in [2.75, 3.05) is 6.54 Å². The highest BCUT2D eigenvalue weighted by atomic mass is 19.3. The van der Waals surface area contributed by atoms with Crippen LogP contribution in [0.5, 0.6) is 0 Å². The van der Waals surface area contributed by atoms with E-state index in [0.29, 0.717) is 6.08 Å². The monoisotopic (exact) mass is 206 g/mol. The topological polar surface area (TPSA) is 92.8 Å². The SMILES string of the molecule is N/C(C=O)=C\C(=NCC(=O)O)C(F)F. The third kappa shape index (κ3) is 4.96. The number of nitrogens with two attached hydrogens (primary N) is 1. The number of nitrogens with zero attached hydrogens (tertiary/aromatic N) is 1. The normalized spacial score (nSPS) is 13.1. The summed E-state index contributed by atoms with van der Waals surface area (Å²) in [5, 5.41) is 8.16. The number of hydrogen-bond acceptors (Lipinski definition) is 4. The van der Waals surface area contributed by atoms with Crippen molar-refractivity contribution in [3.63, 3.8) is 0 Å². The lowest BCUT2D eigenvalue weighted by Gasteiger charge is -1.98. The lowest BCUT2D eigenvalue weighted by atomic mass is 10.3. The molecular weight excluding hydrogens is 198 g/mol. The molecule has 5 nitrogen and oxygen atoms in total. The third-order valence-corrected chi connectivity index (χ3v) is 1.07. The van der Waals surface area contributed by atoms with E-state index in [1.807, 2.05) is 0 Å². The molecule has 0 aromatic heterocycles. The number of allylic oxidation sites excluding steroid dienone is 2. The van der Waals surface area contributed by atoms with Crippen molar-refractivity contribution < 1.29 is 23.5 Å². The fraction of sp³-hybridized carbons (Fsp3) is 0.286. The van der Waals surface area contributed by atoms with E-state index >= 15 is 0 Å². The zero-order chi connectivity index (χ0) is 11.1. The molecule has 0 aromatic rings. The number of aliphatic imine (C=N–C) groups is 1. The second-order valence-electron chi connectivity index (χ2n) is 2.20. The summed E-state index contributed by atoms with van der Waals surface area (Å²) in [4.78, 5) is 23.1. The van der Waals surface area contributed by atoms with Crippen molar-refractivity contribution in [3.05, 3.63) is 11.8 Å². The molecule has 78 valence electrons. The molecule has 0 amide bonds. The number of rotatable bonds is 5. The molecule has 0 saturated carbocycles. The minimum atomic E-state index is -2.96. The van der Waals surface area contributed by atoms with Gasteiger partial charge in [0.2, 0.25) is 0 Å². The Labute approximate surface area is 77.9 Å². The Morgan fingerprint density at radius 1 is 1.57 bits per heavy atom. The molecule has 0 spiro atoms. The van der Waals surface area contributed by atoms with Gasteiger partial charge in [0.15, 0.2) is 6.29 Å². The standard InChI is InChI=1S/C7H8F2N2O3/c8-7(9)5(1-4(10)3-12)11-2-6(13)14/h1,3,7H,2,10H2,(H,13,14)/b4-1-,11-5?. The highest BCUT2D eigenvalue weighted by Gasteiger charge is 2.11. The van der Waals surface area contributed by atoms with Crippen LogP contribution < -0.4 is 5.73 Å². The van der Waals surface area contributed by atoms with E-state index in [1.54, 1.807) is 0 Å². The molecular formula is C7H8F2N2O3. The molecule has 3 N–H and O–H groups in total. The maximum absolute atomic E-state index is 12.1. The summed E-state index contributed by atoms with van der Waals surface area (Å²) in [6.07, 6.45) is -2.16. The van der Waals surface area contributed by atoms with Crippen molar-refractivity contribution in [2.24, 2.45) is 10.7 Å². The van der Waals surface area contributed by atoms with E-state index in [0.717, 1.165) is 0 Å². The fourth-order valence-corrected chi connectivity index (χ4v) is 0.541. The summed E-state index contributed by atoms with van der Waals surface area (Å²) in [5.41, 5.74) is 3.69. The Morgan fingerprint density at radius 2 is 2.14 bits per heavy atom. The summed E-state index contributed by atoms with van der Waals surface area (Å²) < 4.78 is 24.2. The van der Waals surface area contributed by atoms with Crippen LogP contribution in [-0.2, 0) is 9.59 Å². The van der Waals surface area contributed by atoms with Crippen LogP contribution in [0.15, 0.2) is 16.8 Å². The molecule has 0 atom stereocenters. The Bertz CT molecular complexity index is 287. The van der Waals surface area contributed by atoms with Crippen LogP contribution in [-0.4, -0.2) is 36.0 Å². The Kier molecular flexibility index (Phi) is 5.05. The fourth-order valence-electron chi connectivity index (χ4n) is 0.541. The molecule has 0 fully saturated rings. The largest absolute Gasteiger partial charge is 0.480 e.